The number of fused-ring (bicyclic) bond motifs is 1. The van der Waals surface area contributed by atoms with Gasteiger partial charge in [-0.25, -0.2) is 4.98 Å². The van der Waals surface area contributed by atoms with Crippen LogP contribution in [0.3, 0.4) is 0 Å². The van der Waals surface area contributed by atoms with Gasteiger partial charge in [0.2, 0.25) is 0 Å². The van der Waals surface area contributed by atoms with Gasteiger partial charge in [0.05, 0.1) is 16.6 Å². The third kappa shape index (κ3) is 2.91. The third-order valence-electron chi connectivity index (χ3n) is 3.22. The summed E-state index contributed by atoms with van der Waals surface area (Å²) in [7, 11) is 0. The molecule has 2 aromatic heterocycles. The Kier molecular flexibility index (Phi) is 3.90. The van der Waals surface area contributed by atoms with Gasteiger partial charge < -0.3 is 5.32 Å². The first-order chi connectivity index (χ1) is 10.1. The fourth-order valence-corrected chi connectivity index (χ4v) is 3.13. The Labute approximate surface area is 131 Å². The molecule has 0 radical (unpaired) electrons. The first-order valence-electron chi connectivity index (χ1n) is 6.54. The van der Waals surface area contributed by atoms with Gasteiger partial charge in [-0.05, 0) is 30.5 Å². The van der Waals surface area contributed by atoms with Crippen molar-refractivity contribution in [3.63, 3.8) is 0 Å². The van der Waals surface area contributed by atoms with Crippen LogP contribution in [-0.4, -0.2) is 10.9 Å². The second kappa shape index (κ2) is 5.84. The van der Waals surface area contributed by atoms with Crippen molar-refractivity contribution in [3.05, 3.63) is 63.4 Å². The third-order valence-corrected chi connectivity index (χ3v) is 4.58. The number of carbonyl (C=O) groups is 1. The molecule has 1 aromatic carbocycles. The number of rotatable bonds is 3. The summed E-state index contributed by atoms with van der Waals surface area (Å²) < 4.78 is 0. The molecule has 0 fully saturated rings. The number of nitrogens with zero attached hydrogens (tertiary/aromatic N) is 1. The molecule has 0 aliphatic rings. The van der Waals surface area contributed by atoms with Crippen LogP contribution in [0.2, 0.25) is 5.02 Å². The van der Waals surface area contributed by atoms with E-state index in [0.717, 1.165) is 15.8 Å². The number of carbonyl (C=O) groups excluding carboxylic acids is 1. The van der Waals surface area contributed by atoms with Crippen LogP contribution in [0.4, 0.5) is 0 Å². The van der Waals surface area contributed by atoms with Crippen LogP contribution in [0.1, 0.15) is 28.3 Å². The molecule has 3 rings (SSSR count). The molecule has 5 heteroatoms. The van der Waals surface area contributed by atoms with E-state index in [1.165, 1.54) is 0 Å². The van der Waals surface area contributed by atoms with Crippen LogP contribution in [-0.2, 0) is 0 Å². The average Bonchev–Trinajstić information content (AvgIpc) is 3.01. The molecule has 1 N–H and O–H groups in total. The normalized spacial score (nSPS) is 12.3. The van der Waals surface area contributed by atoms with E-state index in [2.05, 4.69) is 10.3 Å². The SMILES string of the molecule is CC(NC(=O)c1cc(Cl)c2ccccc2n1)c1cccs1. The topological polar surface area (TPSA) is 42.0 Å². The molecule has 0 aliphatic carbocycles. The molecule has 21 heavy (non-hydrogen) atoms. The van der Waals surface area contributed by atoms with Crippen molar-refractivity contribution in [1.29, 1.82) is 0 Å². The second-order valence-electron chi connectivity index (χ2n) is 4.72. The molecule has 106 valence electrons. The van der Waals surface area contributed by atoms with E-state index in [1.54, 1.807) is 17.4 Å². The Morgan fingerprint density at radius 2 is 2.10 bits per heavy atom. The number of halogens is 1. The van der Waals surface area contributed by atoms with Gasteiger partial charge in [0, 0.05) is 10.3 Å². The van der Waals surface area contributed by atoms with Gasteiger partial charge in [0.1, 0.15) is 5.69 Å². The maximum Gasteiger partial charge on any atom is 0.270 e. The van der Waals surface area contributed by atoms with Gasteiger partial charge in [0.15, 0.2) is 0 Å². The van der Waals surface area contributed by atoms with Crippen LogP contribution in [0.15, 0.2) is 47.8 Å². The summed E-state index contributed by atoms with van der Waals surface area (Å²) in [6.45, 7) is 1.95. The first-order valence-corrected chi connectivity index (χ1v) is 7.80. The lowest BCUT2D eigenvalue weighted by molar-refractivity contribution is 0.0936. The minimum atomic E-state index is -0.219. The van der Waals surface area contributed by atoms with E-state index >= 15 is 0 Å². The number of para-hydroxylation sites is 1. The van der Waals surface area contributed by atoms with Crippen molar-refractivity contribution in [3.8, 4) is 0 Å². The highest BCUT2D eigenvalue weighted by Crippen LogP contribution is 2.23. The van der Waals surface area contributed by atoms with Gasteiger partial charge in [-0.3, -0.25) is 4.79 Å². The molecular weight excluding hydrogens is 304 g/mol. The van der Waals surface area contributed by atoms with E-state index in [1.807, 2.05) is 48.7 Å². The number of pyridine rings is 1. The number of hydrogen-bond donors (Lipinski definition) is 1. The Balaban J connectivity index is 1.88. The van der Waals surface area contributed by atoms with Crippen LogP contribution in [0.25, 0.3) is 10.9 Å². The predicted octanol–water partition coefficient (Wildman–Crippen LogP) is 4.44. The molecule has 2 heterocycles. The van der Waals surface area contributed by atoms with Crippen LogP contribution in [0.5, 0.6) is 0 Å². The quantitative estimate of drug-likeness (QED) is 0.776. The van der Waals surface area contributed by atoms with Crippen LogP contribution < -0.4 is 5.32 Å². The smallest absolute Gasteiger partial charge is 0.270 e. The zero-order valence-corrected chi connectivity index (χ0v) is 12.9. The zero-order chi connectivity index (χ0) is 14.8. The van der Waals surface area contributed by atoms with E-state index in [9.17, 15) is 4.79 Å². The van der Waals surface area contributed by atoms with E-state index in [-0.39, 0.29) is 11.9 Å². The summed E-state index contributed by atoms with van der Waals surface area (Å²) in [6.07, 6.45) is 0. The molecular formula is C16H13ClN2OS. The van der Waals surface area contributed by atoms with E-state index < -0.39 is 0 Å². The molecule has 0 aliphatic heterocycles. The van der Waals surface area contributed by atoms with E-state index in [4.69, 9.17) is 11.6 Å². The zero-order valence-electron chi connectivity index (χ0n) is 11.3. The highest BCUT2D eigenvalue weighted by molar-refractivity contribution is 7.10. The fourth-order valence-electron chi connectivity index (χ4n) is 2.13. The minimum absolute atomic E-state index is 0.0513. The summed E-state index contributed by atoms with van der Waals surface area (Å²) in [5.41, 5.74) is 1.06. The molecule has 1 amide bonds. The second-order valence-corrected chi connectivity index (χ2v) is 6.10. The number of thiophene rings is 1. The molecule has 1 atom stereocenters. The van der Waals surface area contributed by atoms with Crippen LogP contribution >= 0.6 is 22.9 Å². The highest BCUT2D eigenvalue weighted by atomic mass is 35.5. The predicted molar refractivity (Wildman–Crippen MR) is 87.0 cm³/mol. The molecule has 1 unspecified atom stereocenters. The van der Waals surface area contributed by atoms with Crippen molar-refractivity contribution in [2.75, 3.05) is 0 Å². The van der Waals surface area contributed by atoms with Crippen molar-refractivity contribution in [2.24, 2.45) is 0 Å². The summed E-state index contributed by atoms with van der Waals surface area (Å²) in [5, 5.41) is 6.32. The summed E-state index contributed by atoms with van der Waals surface area (Å²) in [4.78, 5) is 17.8. The average molecular weight is 317 g/mol. The Bertz CT molecular complexity index is 786. The Morgan fingerprint density at radius 1 is 1.29 bits per heavy atom. The van der Waals surface area contributed by atoms with Gasteiger partial charge in [0.25, 0.3) is 5.91 Å². The standard InChI is InChI=1S/C16H13ClN2OS/c1-10(15-7-4-8-21-15)18-16(20)14-9-12(17)11-5-2-3-6-13(11)19-14/h2-10H,1H3,(H,18,20). The molecule has 3 aromatic rings. The molecule has 0 saturated heterocycles. The lowest BCUT2D eigenvalue weighted by Gasteiger charge is -2.12. The minimum Gasteiger partial charge on any atom is -0.343 e. The van der Waals surface area contributed by atoms with Gasteiger partial charge in [-0.1, -0.05) is 35.9 Å². The van der Waals surface area contributed by atoms with Gasteiger partial charge in [-0.2, -0.15) is 0 Å². The number of hydrogen-bond acceptors (Lipinski definition) is 3. The number of benzene rings is 1. The maximum atomic E-state index is 12.3. The number of aromatic nitrogens is 1. The number of nitrogens with one attached hydrogen (secondary N) is 1. The van der Waals surface area contributed by atoms with Crippen molar-refractivity contribution >= 4 is 39.7 Å². The number of amides is 1. The maximum absolute atomic E-state index is 12.3. The first kappa shape index (κ1) is 14.0. The highest BCUT2D eigenvalue weighted by Gasteiger charge is 2.15. The van der Waals surface area contributed by atoms with E-state index in [0.29, 0.717) is 10.7 Å². The molecule has 3 nitrogen and oxygen atoms in total. The largest absolute Gasteiger partial charge is 0.343 e. The summed E-state index contributed by atoms with van der Waals surface area (Å²) in [5.74, 6) is -0.219. The van der Waals surface area contributed by atoms with Crippen molar-refractivity contribution in [1.82, 2.24) is 10.3 Å². The van der Waals surface area contributed by atoms with Gasteiger partial charge >= 0.3 is 0 Å². The molecule has 0 saturated carbocycles. The van der Waals surface area contributed by atoms with Crippen molar-refractivity contribution < 1.29 is 4.79 Å². The molecule has 0 spiro atoms. The lowest BCUT2D eigenvalue weighted by atomic mass is 10.2. The summed E-state index contributed by atoms with van der Waals surface area (Å²) in [6, 6.07) is 13.0. The Morgan fingerprint density at radius 3 is 2.86 bits per heavy atom. The summed E-state index contributed by atoms with van der Waals surface area (Å²) >= 11 is 7.84. The lowest BCUT2D eigenvalue weighted by Crippen LogP contribution is -2.26. The monoisotopic (exact) mass is 316 g/mol. The van der Waals surface area contributed by atoms with Gasteiger partial charge in [-0.15, -0.1) is 11.3 Å². The van der Waals surface area contributed by atoms with Crippen molar-refractivity contribution in [2.45, 2.75) is 13.0 Å². The van der Waals surface area contributed by atoms with Crippen LogP contribution in [0, 0.1) is 0 Å². The fraction of sp³-hybridized carbons (Fsp3) is 0.125. The molecule has 0 bridgehead atoms. The Hall–Kier alpha value is -1.91.